The van der Waals surface area contributed by atoms with E-state index in [-0.39, 0.29) is 18.2 Å². The lowest BCUT2D eigenvalue weighted by molar-refractivity contribution is 0.0109. The van der Waals surface area contributed by atoms with E-state index in [4.69, 9.17) is 14.5 Å². The Balaban J connectivity index is 1.61. The SMILES string of the molecule is CCNC(=NCC1CCCCN1C(=O)OC(C)(C)C)NC1CCc2nc(COC)nn2C1. The lowest BCUT2D eigenvalue weighted by Crippen LogP contribution is -2.49. The molecule has 32 heavy (non-hydrogen) atoms. The highest BCUT2D eigenvalue weighted by Crippen LogP contribution is 2.21. The van der Waals surface area contributed by atoms with Crippen LogP contribution < -0.4 is 10.6 Å². The second kappa shape index (κ2) is 11.0. The van der Waals surface area contributed by atoms with Crippen molar-refractivity contribution in [2.45, 2.75) is 90.6 Å². The Morgan fingerprint density at radius 1 is 1.28 bits per heavy atom. The number of aryl methyl sites for hydroxylation is 1. The molecule has 1 saturated heterocycles. The van der Waals surface area contributed by atoms with E-state index in [2.05, 4.69) is 27.6 Å². The number of nitrogens with zero attached hydrogens (tertiary/aromatic N) is 5. The van der Waals surface area contributed by atoms with Crippen molar-refractivity contribution < 1.29 is 14.3 Å². The molecule has 10 heteroatoms. The molecule has 0 aromatic carbocycles. The van der Waals surface area contributed by atoms with E-state index in [1.54, 1.807) is 7.11 Å². The van der Waals surface area contributed by atoms with Gasteiger partial charge in [-0.25, -0.2) is 14.5 Å². The zero-order valence-electron chi connectivity index (χ0n) is 20.2. The highest BCUT2D eigenvalue weighted by Gasteiger charge is 2.30. The Labute approximate surface area is 191 Å². The molecule has 3 heterocycles. The zero-order chi connectivity index (χ0) is 23.1. The average molecular weight is 450 g/mol. The van der Waals surface area contributed by atoms with Crippen molar-refractivity contribution in [1.82, 2.24) is 30.3 Å². The first-order valence-corrected chi connectivity index (χ1v) is 11.7. The molecule has 0 aliphatic carbocycles. The van der Waals surface area contributed by atoms with Gasteiger partial charge in [0.15, 0.2) is 11.8 Å². The predicted octanol–water partition coefficient (Wildman–Crippen LogP) is 2.08. The normalized spacial score (nSPS) is 21.8. The molecule has 3 rings (SSSR count). The smallest absolute Gasteiger partial charge is 0.410 e. The number of carbonyl (C=O) groups is 1. The minimum atomic E-state index is -0.497. The summed E-state index contributed by atoms with van der Waals surface area (Å²) >= 11 is 0. The number of hydrogen-bond donors (Lipinski definition) is 2. The maximum atomic E-state index is 12.7. The quantitative estimate of drug-likeness (QED) is 0.506. The molecule has 1 amide bonds. The van der Waals surface area contributed by atoms with Gasteiger partial charge in [0.1, 0.15) is 18.0 Å². The third-order valence-electron chi connectivity index (χ3n) is 5.58. The van der Waals surface area contributed by atoms with Crippen LogP contribution in [0.5, 0.6) is 0 Å². The van der Waals surface area contributed by atoms with Crippen LogP contribution >= 0.6 is 0 Å². The molecule has 1 aromatic rings. The fraction of sp³-hybridized carbons (Fsp3) is 0.818. The van der Waals surface area contributed by atoms with Crippen LogP contribution in [0.1, 0.15) is 65.0 Å². The summed E-state index contributed by atoms with van der Waals surface area (Å²) in [5.41, 5.74) is -0.497. The second-order valence-electron chi connectivity index (χ2n) is 9.48. The van der Waals surface area contributed by atoms with Crippen LogP contribution in [0.3, 0.4) is 0 Å². The van der Waals surface area contributed by atoms with E-state index in [1.165, 1.54) is 0 Å². The first-order chi connectivity index (χ1) is 15.3. The predicted molar refractivity (Wildman–Crippen MR) is 123 cm³/mol. The lowest BCUT2D eigenvalue weighted by Gasteiger charge is -2.36. The fourth-order valence-corrected chi connectivity index (χ4v) is 4.13. The van der Waals surface area contributed by atoms with Crippen molar-refractivity contribution in [3.8, 4) is 0 Å². The number of nitrogens with one attached hydrogen (secondary N) is 2. The molecule has 1 fully saturated rings. The molecule has 10 nitrogen and oxygen atoms in total. The number of amides is 1. The summed E-state index contributed by atoms with van der Waals surface area (Å²) in [6.45, 7) is 11.0. The molecule has 1 aromatic heterocycles. The van der Waals surface area contributed by atoms with Crippen molar-refractivity contribution in [2.75, 3.05) is 26.7 Å². The van der Waals surface area contributed by atoms with E-state index >= 15 is 0 Å². The molecule has 2 aliphatic heterocycles. The molecule has 0 spiro atoms. The van der Waals surface area contributed by atoms with Crippen molar-refractivity contribution in [2.24, 2.45) is 4.99 Å². The lowest BCUT2D eigenvalue weighted by atomic mass is 10.0. The summed E-state index contributed by atoms with van der Waals surface area (Å²) < 4.78 is 12.7. The number of rotatable bonds is 6. The van der Waals surface area contributed by atoms with Gasteiger partial charge in [0.05, 0.1) is 19.1 Å². The van der Waals surface area contributed by atoms with E-state index in [9.17, 15) is 4.79 Å². The third-order valence-corrected chi connectivity index (χ3v) is 5.58. The molecule has 180 valence electrons. The number of ether oxygens (including phenoxy) is 2. The van der Waals surface area contributed by atoms with E-state index in [1.807, 2.05) is 30.4 Å². The molecule has 2 N–H and O–H groups in total. The van der Waals surface area contributed by atoms with Gasteiger partial charge in [0, 0.05) is 32.7 Å². The minimum Gasteiger partial charge on any atom is -0.444 e. The van der Waals surface area contributed by atoms with E-state index in [0.29, 0.717) is 13.2 Å². The number of carbonyl (C=O) groups excluding carboxylic acids is 1. The number of fused-ring (bicyclic) bond motifs is 1. The van der Waals surface area contributed by atoms with Gasteiger partial charge in [-0.3, -0.25) is 4.99 Å². The highest BCUT2D eigenvalue weighted by atomic mass is 16.6. The van der Waals surface area contributed by atoms with Crippen LogP contribution in [0.15, 0.2) is 4.99 Å². The van der Waals surface area contributed by atoms with Crippen LogP contribution in [-0.2, 0) is 29.0 Å². The molecule has 0 bridgehead atoms. The van der Waals surface area contributed by atoms with Crippen molar-refractivity contribution in [3.05, 3.63) is 11.6 Å². The fourth-order valence-electron chi connectivity index (χ4n) is 4.13. The van der Waals surface area contributed by atoms with Crippen molar-refractivity contribution >= 4 is 12.1 Å². The van der Waals surface area contributed by atoms with Gasteiger partial charge in [-0.1, -0.05) is 0 Å². The van der Waals surface area contributed by atoms with Gasteiger partial charge in [-0.2, -0.15) is 5.10 Å². The van der Waals surface area contributed by atoms with Crippen LogP contribution in [0, 0.1) is 0 Å². The highest BCUT2D eigenvalue weighted by molar-refractivity contribution is 5.80. The molecule has 2 unspecified atom stereocenters. The Bertz CT molecular complexity index is 787. The maximum Gasteiger partial charge on any atom is 0.410 e. The number of hydrogen-bond acceptors (Lipinski definition) is 6. The average Bonchev–Trinajstić information content (AvgIpc) is 3.13. The second-order valence-corrected chi connectivity index (χ2v) is 9.48. The van der Waals surface area contributed by atoms with Crippen LogP contribution in [-0.4, -0.2) is 76.1 Å². The Morgan fingerprint density at radius 3 is 2.81 bits per heavy atom. The molecule has 0 saturated carbocycles. The summed E-state index contributed by atoms with van der Waals surface area (Å²) in [5.74, 6) is 2.50. The van der Waals surface area contributed by atoms with Gasteiger partial charge in [0.25, 0.3) is 0 Å². The number of piperidine rings is 1. The van der Waals surface area contributed by atoms with E-state index in [0.717, 1.165) is 69.3 Å². The standard InChI is InChI=1S/C22H39N7O3/c1-6-23-20(25-16-10-11-19-26-18(15-31-5)27-29(19)14-16)24-13-17-9-7-8-12-28(17)21(30)32-22(2,3)4/h16-17H,6-15H2,1-5H3,(H2,23,24,25). The van der Waals surface area contributed by atoms with Gasteiger partial charge in [-0.15, -0.1) is 0 Å². The number of guanidine groups is 1. The number of methoxy groups -OCH3 is 1. The summed E-state index contributed by atoms with van der Waals surface area (Å²) in [4.78, 5) is 23.9. The van der Waals surface area contributed by atoms with Gasteiger partial charge < -0.3 is 25.0 Å². The Morgan fingerprint density at radius 2 is 2.09 bits per heavy atom. The largest absolute Gasteiger partial charge is 0.444 e. The van der Waals surface area contributed by atoms with Gasteiger partial charge in [-0.05, 0) is 53.4 Å². The van der Waals surface area contributed by atoms with Gasteiger partial charge >= 0.3 is 6.09 Å². The molecule has 2 atom stereocenters. The van der Waals surface area contributed by atoms with Crippen molar-refractivity contribution in [1.29, 1.82) is 0 Å². The molecular formula is C22H39N7O3. The van der Waals surface area contributed by atoms with Gasteiger partial charge in [0.2, 0.25) is 0 Å². The number of aromatic nitrogens is 3. The van der Waals surface area contributed by atoms with Crippen molar-refractivity contribution in [3.63, 3.8) is 0 Å². The topological polar surface area (TPSA) is 106 Å². The molecule has 2 aliphatic rings. The Kier molecular flexibility index (Phi) is 8.33. The minimum absolute atomic E-state index is 0.0546. The monoisotopic (exact) mass is 449 g/mol. The number of likely N-dealkylation sites (tertiary alicyclic amines) is 1. The first-order valence-electron chi connectivity index (χ1n) is 11.7. The summed E-state index contributed by atoms with van der Waals surface area (Å²) in [7, 11) is 1.65. The summed E-state index contributed by atoms with van der Waals surface area (Å²) in [5, 5.41) is 11.4. The summed E-state index contributed by atoms with van der Waals surface area (Å²) in [6, 6.07) is 0.268. The van der Waals surface area contributed by atoms with Crippen LogP contribution in [0.4, 0.5) is 4.79 Å². The molecular weight excluding hydrogens is 410 g/mol. The van der Waals surface area contributed by atoms with Crippen LogP contribution in [0.2, 0.25) is 0 Å². The first kappa shape index (κ1) is 24.3. The third kappa shape index (κ3) is 6.82. The Hall–Kier alpha value is -2.36. The van der Waals surface area contributed by atoms with E-state index < -0.39 is 5.60 Å². The van der Waals surface area contributed by atoms with Crippen LogP contribution in [0.25, 0.3) is 0 Å². The maximum absolute atomic E-state index is 12.7. The number of aliphatic imine (C=N–C) groups is 1. The zero-order valence-corrected chi connectivity index (χ0v) is 20.2. The molecule has 0 radical (unpaired) electrons. The summed E-state index contributed by atoms with van der Waals surface area (Å²) in [6.07, 6.45) is 4.63.